The molecule has 0 bridgehead atoms. The fourth-order valence-corrected chi connectivity index (χ4v) is 1.99. The Morgan fingerprint density at radius 2 is 2.50 bits per heavy atom. The van der Waals surface area contributed by atoms with Crippen molar-refractivity contribution < 1.29 is 13.9 Å². The maximum Gasteiger partial charge on any atom is 0.333 e. The summed E-state index contributed by atoms with van der Waals surface area (Å²) in [6.45, 7) is 0. The molecule has 5 heteroatoms. The standard InChI is InChI=1S/C9H10ClNO3/c1-13-8(12)9(11)3-2-5-4-6(10)14-7(5)9/h4H,2-3,11H2,1H3. The van der Waals surface area contributed by atoms with Crippen LogP contribution in [0.3, 0.4) is 0 Å². The van der Waals surface area contributed by atoms with E-state index in [1.54, 1.807) is 6.07 Å². The lowest BCUT2D eigenvalue weighted by Crippen LogP contribution is -2.43. The zero-order chi connectivity index (χ0) is 10.3. The molecule has 76 valence electrons. The summed E-state index contributed by atoms with van der Waals surface area (Å²) in [7, 11) is 1.31. The van der Waals surface area contributed by atoms with Gasteiger partial charge in [0.15, 0.2) is 10.8 Å². The van der Waals surface area contributed by atoms with E-state index in [1.807, 2.05) is 0 Å². The number of ether oxygens (including phenoxy) is 1. The molecule has 4 nitrogen and oxygen atoms in total. The van der Waals surface area contributed by atoms with Gasteiger partial charge in [0.25, 0.3) is 0 Å². The molecule has 0 fully saturated rings. The Labute approximate surface area is 86.0 Å². The summed E-state index contributed by atoms with van der Waals surface area (Å²) in [6, 6.07) is 1.69. The Morgan fingerprint density at radius 3 is 3.14 bits per heavy atom. The lowest BCUT2D eigenvalue weighted by atomic mass is 10.00. The highest BCUT2D eigenvalue weighted by Crippen LogP contribution is 2.39. The Morgan fingerprint density at radius 1 is 1.79 bits per heavy atom. The van der Waals surface area contributed by atoms with E-state index in [0.29, 0.717) is 18.6 Å². The van der Waals surface area contributed by atoms with E-state index >= 15 is 0 Å². The van der Waals surface area contributed by atoms with Crippen molar-refractivity contribution in [2.24, 2.45) is 5.73 Å². The molecule has 1 unspecified atom stereocenters. The molecule has 1 aliphatic carbocycles. The van der Waals surface area contributed by atoms with Gasteiger partial charge in [-0.3, -0.25) is 0 Å². The Balaban J connectivity index is 2.45. The van der Waals surface area contributed by atoms with Crippen LogP contribution in [0.1, 0.15) is 17.7 Å². The number of halogens is 1. The molecule has 0 amide bonds. The van der Waals surface area contributed by atoms with Gasteiger partial charge in [-0.05, 0) is 36.1 Å². The van der Waals surface area contributed by atoms with Crippen molar-refractivity contribution in [2.45, 2.75) is 18.4 Å². The largest absolute Gasteiger partial charge is 0.467 e. The number of rotatable bonds is 1. The predicted molar refractivity (Wildman–Crippen MR) is 49.9 cm³/mol. The molecule has 1 aromatic heterocycles. The first-order valence-electron chi connectivity index (χ1n) is 4.24. The smallest absolute Gasteiger partial charge is 0.333 e. The van der Waals surface area contributed by atoms with Crippen LogP contribution in [0.4, 0.5) is 0 Å². The average molecular weight is 216 g/mol. The number of nitrogens with two attached hydrogens (primary N) is 1. The van der Waals surface area contributed by atoms with Crippen LogP contribution >= 0.6 is 11.6 Å². The van der Waals surface area contributed by atoms with E-state index < -0.39 is 11.5 Å². The molecular formula is C9H10ClNO3. The minimum absolute atomic E-state index is 0.258. The molecule has 1 heterocycles. The monoisotopic (exact) mass is 215 g/mol. The number of carbonyl (C=O) groups is 1. The zero-order valence-electron chi connectivity index (χ0n) is 7.67. The lowest BCUT2D eigenvalue weighted by molar-refractivity contribution is -0.148. The molecule has 0 aliphatic heterocycles. The van der Waals surface area contributed by atoms with Crippen molar-refractivity contribution in [3.63, 3.8) is 0 Å². The van der Waals surface area contributed by atoms with Crippen molar-refractivity contribution in [3.05, 3.63) is 22.6 Å². The van der Waals surface area contributed by atoms with Crippen molar-refractivity contribution in [2.75, 3.05) is 7.11 Å². The Bertz CT molecular complexity index is 387. The number of hydrogen-bond acceptors (Lipinski definition) is 4. The van der Waals surface area contributed by atoms with E-state index in [1.165, 1.54) is 7.11 Å². The van der Waals surface area contributed by atoms with Gasteiger partial charge in [0.1, 0.15) is 5.76 Å². The van der Waals surface area contributed by atoms with Gasteiger partial charge >= 0.3 is 5.97 Å². The van der Waals surface area contributed by atoms with E-state index in [2.05, 4.69) is 4.74 Å². The summed E-state index contributed by atoms with van der Waals surface area (Å²) < 4.78 is 9.84. The third-order valence-corrected chi connectivity index (χ3v) is 2.71. The highest BCUT2D eigenvalue weighted by atomic mass is 35.5. The molecule has 1 aliphatic rings. The van der Waals surface area contributed by atoms with Gasteiger partial charge in [-0.15, -0.1) is 0 Å². The van der Waals surface area contributed by atoms with Crippen molar-refractivity contribution >= 4 is 17.6 Å². The molecule has 14 heavy (non-hydrogen) atoms. The molecule has 2 N–H and O–H groups in total. The van der Waals surface area contributed by atoms with E-state index in [-0.39, 0.29) is 5.22 Å². The second kappa shape index (κ2) is 3.00. The number of carbonyl (C=O) groups excluding carboxylic acids is 1. The van der Waals surface area contributed by atoms with Crippen LogP contribution < -0.4 is 5.73 Å². The maximum atomic E-state index is 11.5. The van der Waals surface area contributed by atoms with E-state index in [0.717, 1.165) is 5.56 Å². The van der Waals surface area contributed by atoms with Crippen molar-refractivity contribution in [1.29, 1.82) is 0 Å². The van der Waals surface area contributed by atoms with Crippen LogP contribution in [0.25, 0.3) is 0 Å². The number of fused-ring (bicyclic) bond motifs is 1. The fourth-order valence-electron chi connectivity index (χ4n) is 1.78. The van der Waals surface area contributed by atoms with Crippen LogP contribution in [-0.4, -0.2) is 13.1 Å². The summed E-state index contributed by atoms with van der Waals surface area (Å²) in [5, 5.41) is 0.258. The first kappa shape index (κ1) is 9.55. The van der Waals surface area contributed by atoms with Crippen LogP contribution in [0.15, 0.2) is 10.5 Å². The maximum absolute atomic E-state index is 11.5. The summed E-state index contributed by atoms with van der Waals surface area (Å²) in [4.78, 5) is 11.5. The van der Waals surface area contributed by atoms with Gasteiger partial charge < -0.3 is 14.9 Å². The third kappa shape index (κ3) is 1.14. The average Bonchev–Trinajstić information content (AvgIpc) is 2.66. The van der Waals surface area contributed by atoms with Crippen LogP contribution in [0.2, 0.25) is 5.22 Å². The SMILES string of the molecule is COC(=O)C1(N)CCc2cc(Cl)oc21. The van der Waals surface area contributed by atoms with Crippen LogP contribution in [-0.2, 0) is 21.5 Å². The summed E-state index contributed by atoms with van der Waals surface area (Å²) in [6.07, 6.45) is 1.20. The Hall–Kier alpha value is -1.00. The first-order chi connectivity index (χ1) is 6.58. The number of methoxy groups -OCH3 is 1. The second-order valence-electron chi connectivity index (χ2n) is 3.37. The summed E-state index contributed by atoms with van der Waals surface area (Å²) in [5.41, 5.74) is 5.65. The molecule has 0 aromatic carbocycles. The molecule has 1 aromatic rings. The molecule has 0 saturated heterocycles. The number of esters is 1. The second-order valence-corrected chi connectivity index (χ2v) is 3.74. The highest BCUT2D eigenvalue weighted by molar-refractivity contribution is 6.29. The molecule has 1 atom stereocenters. The minimum atomic E-state index is -1.16. The lowest BCUT2D eigenvalue weighted by Gasteiger charge is -2.18. The van der Waals surface area contributed by atoms with Gasteiger partial charge in [-0.1, -0.05) is 0 Å². The van der Waals surface area contributed by atoms with Gasteiger partial charge in [0, 0.05) is 0 Å². The van der Waals surface area contributed by atoms with Crippen molar-refractivity contribution in [3.8, 4) is 0 Å². The third-order valence-electron chi connectivity index (χ3n) is 2.52. The Kier molecular flexibility index (Phi) is 2.05. The number of aryl methyl sites for hydroxylation is 1. The fraction of sp³-hybridized carbons (Fsp3) is 0.444. The van der Waals surface area contributed by atoms with Gasteiger partial charge in [0.2, 0.25) is 0 Å². The highest BCUT2D eigenvalue weighted by Gasteiger charge is 2.46. The minimum Gasteiger partial charge on any atom is -0.467 e. The first-order valence-corrected chi connectivity index (χ1v) is 4.61. The summed E-state index contributed by atoms with van der Waals surface area (Å²) >= 11 is 5.68. The predicted octanol–water partition coefficient (Wildman–Crippen LogP) is 1.21. The molecule has 2 rings (SSSR count). The molecular weight excluding hydrogens is 206 g/mol. The van der Waals surface area contributed by atoms with Crippen LogP contribution in [0.5, 0.6) is 0 Å². The van der Waals surface area contributed by atoms with Gasteiger partial charge in [0.05, 0.1) is 7.11 Å². The van der Waals surface area contributed by atoms with Gasteiger partial charge in [-0.25, -0.2) is 4.79 Å². The summed E-state index contributed by atoms with van der Waals surface area (Å²) in [5.74, 6) is -0.0448. The van der Waals surface area contributed by atoms with Crippen molar-refractivity contribution in [1.82, 2.24) is 0 Å². The quantitative estimate of drug-likeness (QED) is 0.715. The molecule has 0 saturated carbocycles. The van der Waals surface area contributed by atoms with Gasteiger partial charge in [-0.2, -0.15) is 0 Å². The van der Waals surface area contributed by atoms with E-state index in [9.17, 15) is 4.79 Å². The van der Waals surface area contributed by atoms with E-state index in [4.69, 9.17) is 21.8 Å². The zero-order valence-corrected chi connectivity index (χ0v) is 8.43. The molecule has 0 radical (unpaired) electrons. The van der Waals surface area contributed by atoms with Crippen LogP contribution in [0, 0.1) is 0 Å². The number of hydrogen-bond donors (Lipinski definition) is 1. The number of furan rings is 1. The normalized spacial score (nSPS) is 24.8. The molecule has 0 spiro atoms. The topological polar surface area (TPSA) is 65.5 Å².